The van der Waals surface area contributed by atoms with Gasteiger partial charge in [-0.1, -0.05) is 52.8 Å². The molecule has 0 atom stereocenters. The normalized spacial score (nSPS) is 11.1. The highest BCUT2D eigenvalue weighted by Gasteiger charge is 2.11. The van der Waals surface area contributed by atoms with Crippen LogP contribution in [-0.4, -0.2) is 25.6 Å². The van der Waals surface area contributed by atoms with E-state index in [1.165, 1.54) is 0 Å². The number of nitrogens with zero attached hydrogens (tertiary/aromatic N) is 2. The molecule has 6 heteroatoms. The molecule has 0 unspecified atom stereocenters. The maximum absolute atomic E-state index is 5.46. The molecule has 1 heterocycles. The molecular formula is C23H20N2O4. The number of aromatic nitrogens is 1. The molecular weight excluding hydrogens is 368 g/mol. The van der Waals surface area contributed by atoms with Gasteiger partial charge in [0.15, 0.2) is 12.4 Å². The molecule has 0 aliphatic carbocycles. The highest BCUT2D eigenvalue weighted by Crippen LogP contribution is 2.29. The Labute approximate surface area is 168 Å². The van der Waals surface area contributed by atoms with E-state index in [-0.39, 0.29) is 6.61 Å². The summed E-state index contributed by atoms with van der Waals surface area (Å²) in [5, 5.41) is 10.3. The Kier molecular flexibility index (Phi) is 5.42. The minimum absolute atomic E-state index is 0.158. The molecule has 0 radical (unpaired) electrons. The van der Waals surface area contributed by atoms with Crippen LogP contribution in [0.15, 0.2) is 76.4 Å². The van der Waals surface area contributed by atoms with Gasteiger partial charge in [-0.15, -0.1) is 0 Å². The van der Waals surface area contributed by atoms with E-state index in [0.29, 0.717) is 11.5 Å². The lowest BCUT2D eigenvalue weighted by molar-refractivity contribution is 0.110. The van der Waals surface area contributed by atoms with Crippen LogP contribution in [0.3, 0.4) is 0 Å². The molecule has 0 saturated carbocycles. The molecule has 6 nitrogen and oxygen atoms in total. The Balaban J connectivity index is 1.48. The van der Waals surface area contributed by atoms with Gasteiger partial charge in [-0.05, 0) is 29.0 Å². The van der Waals surface area contributed by atoms with E-state index < -0.39 is 0 Å². The smallest absolute Gasteiger partial charge is 0.177 e. The maximum atomic E-state index is 5.46. The first-order chi connectivity index (χ1) is 14.3. The topological polar surface area (TPSA) is 66.1 Å². The number of fused-ring (bicyclic) bond motifs is 1. The Bertz CT molecular complexity index is 1150. The molecule has 3 aromatic carbocycles. The van der Waals surface area contributed by atoms with Gasteiger partial charge in [0, 0.05) is 17.2 Å². The Morgan fingerprint density at radius 3 is 2.59 bits per heavy atom. The summed E-state index contributed by atoms with van der Waals surface area (Å²) in [5.74, 6) is 2.02. The fourth-order valence-corrected chi connectivity index (χ4v) is 3.14. The summed E-state index contributed by atoms with van der Waals surface area (Å²) in [6.45, 7) is 0.158. The van der Waals surface area contributed by atoms with Crippen molar-refractivity contribution in [2.24, 2.45) is 5.16 Å². The van der Waals surface area contributed by atoms with Crippen LogP contribution in [0.2, 0.25) is 0 Å². The summed E-state index contributed by atoms with van der Waals surface area (Å²) >= 11 is 0. The van der Waals surface area contributed by atoms with Gasteiger partial charge in [0.05, 0.1) is 20.4 Å². The zero-order chi connectivity index (χ0) is 20.1. The summed E-state index contributed by atoms with van der Waals surface area (Å²) in [6.07, 6.45) is 1.65. The number of hydrogen-bond acceptors (Lipinski definition) is 6. The van der Waals surface area contributed by atoms with Crippen molar-refractivity contribution in [1.82, 2.24) is 5.16 Å². The molecule has 1 aromatic heterocycles. The Morgan fingerprint density at radius 2 is 1.72 bits per heavy atom. The SMILES string of the molecule is COc1ccccc1-c1cc(CO/N=C/c2c(OC)ccc3ccccc23)on1. The molecule has 146 valence electrons. The third-order valence-electron chi connectivity index (χ3n) is 4.56. The molecule has 4 aromatic rings. The number of rotatable bonds is 7. The van der Waals surface area contributed by atoms with Crippen molar-refractivity contribution in [3.05, 3.63) is 78.1 Å². The molecule has 0 N–H and O–H groups in total. The zero-order valence-electron chi connectivity index (χ0n) is 16.2. The van der Waals surface area contributed by atoms with Crippen LogP contribution in [0.4, 0.5) is 0 Å². The van der Waals surface area contributed by atoms with E-state index in [9.17, 15) is 0 Å². The number of methoxy groups -OCH3 is 2. The van der Waals surface area contributed by atoms with Gasteiger partial charge in [0.2, 0.25) is 0 Å². The first-order valence-corrected chi connectivity index (χ1v) is 9.10. The van der Waals surface area contributed by atoms with Crippen LogP contribution in [0.1, 0.15) is 11.3 Å². The lowest BCUT2D eigenvalue weighted by Crippen LogP contribution is -1.93. The van der Waals surface area contributed by atoms with E-state index in [4.69, 9.17) is 18.8 Å². The highest BCUT2D eigenvalue weighted by molar-refractivity contribution is 6.02. The van der Waals surface area contributed by atoms with Crippen LogP contribution in [0, 0.1) is 0 Å². The third-order valence-corrected chi connectivity index (χ3v) is 4.56. The quantitative estimate of drug-likeness (QED) is 0.327. The summed E-state index contributed by atoms with van der Waals surface area (Å²) in [5.41, 5.74) is 2.40. The summed E-state index contributed by atoms with van der Waals surface area (Å²) < 4.78 is 16.2. The van der Waals surface area contributed by atoms with Crippen LogP contribution in [0.25, 0.3) is 22.0 Å². The molecule has 0 aliphatic rings. The van der Waals surface area contributed by atoms with Crippen molar-refractivity contribution in [3.8, 4) is 22.8 Å². The Hall–Kier alpha value is -3.80. The number of ether oxygens (including phenoxy) is 2. The van der Waals surface area contributed by atoms with E-state index in [2.05, 4.69) is 10.3 Å². The minimum Gasteiger partial charge on any atom is -0.496 e. The standard InChI is InChI=1S/C23H20N2O4/c1-26-22-10-6-5-9-19(22)21-13-17(29-25-21)15-28-24-14-20-18-8-4-3-7-16(18)11-12-23(20)27-2/h3-14H,15H2,1-2H3/b24-14+. The van der Waals surface area contributed by atoms with Gasteiger partial charge in [-0.25, -0.2) is 0 Å². The van der Waals surface area contributed by atoms with Crippen LogP contribution < -0.4 is 9.47 Å². The van der Waals surface area contributed by atoms with Crippen LogP contribution in [0.5, 0.6) is 11.5 Å². The zero-order valence-corrected chi connectivity index (χ0v) is 16.2. The maximum Gasteiger partial charge on any atom is 0.177 e. The van der Waals surface area contributed by atoms with E-state index >= 15 is 0 Å². The second-order valence-electron chi connectivity index (χ2n) is 6.29. The van der Waals surface area contributed by atoms with Crippen LogP contribution in [-0.2, 0) is 11.4 Å². The van der Waals surface area contributed by atoms with Crippen molar-refractivity contribution in [3.63, 3.8) is 0 Å². The van der Waals surface area contributed by atoms with Gasteiger partial charge < -0.3 is 18.8 Å². The molecule has 0 amide bonds. The minimum atomic E-state index is 0.158. The number of oxime groups is 1. The Morgan fingerprint density at radius 1 is 0.931 bits per heavy atom. The van der Waals surface area contributed by atoms with Crippen LogP contribution >= 0.6 is 0 Å². The number of para-hydroxylation sites is 1. The third kappa shape index (κ3) is 3.91. The molecule has 0 saturated heterocycles. The summed E-state index contributed by atoms with van der Waals surface area (Å²) in [6, 6.07) is 21.4. The average molecular weight is 388 g/mol. The lowest BCUT2D eigenvalue weighted by Gasteiger charge is -2.08. The van der Waals surface area contributed by atoms with E-state index in [1.54, 1.807) is 20.4 Å². The summed E-state index contributed by atoms with van der Waals surface area (Å²) in [4.78, 5) is 5.43. The van der Waals surface area contributed by atoms with E-state index in [1.807, 2.05) is 66.7 Å². The number of benzene rings is 3. The largest absolute Gasteiger partial charge is 0.496 e. The molecule has 0 aliphatic heterocycles. The van der Waals surface area contributed by atoms with Crippen molar-refractivity contribution in [1.29, 1.82) is 0 Å². The molecule has 0 bridgehead atoms. The predicted molar refractivity (Wildman–Crippen MR) is 111 cm³/mol. The van der Waals surface area contributed by atoms with Gasteiger partial charge in [0.1, 0.15) is 17.2 Å². The second kappa shape index (κ2) is 8.48. The predicted octanol–water partition coefficient (Wildman–Crippen LogP) is 5.06. The van der Waals surface area contributed by atoms with Gasteiger partial charge in [0.25, 0.3) is 0 Å². The molecule has 0 fully saturated rings. The molecule has 29 heavy (non-hydrogen) atoms. The first kappa shape index (κ1) is 18.6. The van der Waals surface area contributed by atoms with Gasteiger partial charge >= 0.3 is 0 Å². The van der Waals surface area contributed by atoms with Gasteiger partial charge in [-0.2, -0.15) is 0 Å². The fourth-order valence-electron chi connectivity index (χ4n) is 3.14. The second-order valence-corrected chi connectivity index (χ2v) is 6.29. The average Bonchev–Trinajstić information content (AvgIpc) is 3.25. The van der Waals surface area contributed by atoms with Crippen molar-refractivity contribution in [2.75, 3.05) is 14.2 Å². The summed E-state index contributed by atoms with van der Waals surface area (Å²) in [7, 11) is 3.26. The monoisotopic (exact) mass is 388 g/mol. The first-order valence-electron chi connectivity index (χ1n) is 9.10. The molecule has 4 rings (SSSR count). The fraction of sp³-hybridized carbons (Fsp3) is 0.130. The van der Waals surface area contributed by atoms with Crippen molar-refractivity contribution < 1.29 is 18.8 Å². The number of hydrogen-bond donors (Lipinski definition) is 0. The van der Waals surface area contributed by atoms with Crippen molar-refractivity contribution >= 4 is 17.0 Å². The van der Waals surface area contributed by atoms with Crippen molar-refractivity contribution in [2.45, 2.75) is 6.61 Å². The van der Waals surface area contributed by atoms with E-state index in [0.717, 1.165) is 33.4 Å². The molecule has 0 spiro atoms. The lowest BCUT2D eigenvalue weighted by atomic mass is 10.0. The van der Waals surface area contributed by atoms with Gasteiger partial charge in [-0.3, -0.25) is 0 Å². The highest BCUT2D eigenvalue weighted by atomic mass is 16.6.